The Morgan fingerprint density at radius 1 is 0.947 bits per heavy atom. The number of benzene rings is 3. The summed E-state index contributed by atoms with van der Waals surface area (Å²) in [5.41, 5.74) is 4.99. The average molecular weight is 526 g/mol. The van der Waals surface area contributed by atoms with Crippen LogP contribution >= 0.6 is 11.3 Å². The Kier molecular flexibility index (Phi) is 7.41. The molecule has 10 heteroatoms. The van der Waals surface area contributed by atoms with Gasteiger partial charge in [0.05, 0.1) is 17.8 Å². The summed E-state index contributed by atoms with van der Waals surface area (Å²) >= 11 is 1.46. The summed E-state index contributed by atoms with van der Waals surface area (Å²) < 4.78 is 1.56. The van der Waals surface area contributed by atoms with Crippen molar-refractivity contribution in [3.8, 4) is 11.3 Å². The molecule has 9 nitrogen and oxygen atoms in total. The van der Waals surface area contributed by atoms with Crippen molar-refractivity contribution in [3.05, 3.63) is 89.3 Å². The number of nitrogens with one attached hydrogen (secondary N) is 1. The topological polar surface area (TPSA) is 96.2 Å². The number of aromatic nitrogens is 4. The van der Waals surface area contributed by atoms with E-state index in [1.807, 2.05) is 103 Å². The van der Waals surface area contributed by atoms with Crippen molar-refractivity contribution in [1.29, 1.82) is 0 Å². The molecule has 0 aliphatic carbocycles. The van der Waals surface area contributed by atoms with Crippen molar-refractivity contribution in [3.63, 3.8) is 0 Å². The number of para-hydroxylation sites is 1. The van der Waals surface area contributed by atoms with E-state index < -0.39 is 0 Å². The second-order valence-corrected chi connectivity index (χ2v) is 9.91. The van der Waals surface area contributed by atoms with E-state index in [1.165, 1.54) is 16.2 Å². The number of carbonyl (C=O) groups excluding carboxylic acids is 2. The predicted molar refractivity (Wildman–Crippen MR) is 150 cm³/mol. The zero-order chi connectivity index (χ0) is 26.5. The van der Waals surface area contributed by atoms with Crippen LogP contribution in [0.15, 0.2) is 84.2 Å². The number of amides is 2. The molecule has 0 fully saturated rings. The summed E-state index contributed by atoms with van der Waals surface area (Å²) in [4.78, 5) is 34.7. The van der Waals surface area contributed by atoms with Crippen molar-refractivity contribution in [1.82, 2.24) is 24.9 Å². The van der Waals surface area contributed by atoms with Crippen LogP contribution in [0.3, 0.4) is 0 Å². The second-order valence-electron chi connectivity index (χ2n) is 8.97. The van der Waals surface area contributed by atoms with E-state index in [2.05, 4.69) is 15.6 Å². The van der Waals surface area contributed by atoms with Crippen LogP contribution in [0.1, 0.15) is 5.01 Å². The molecule has 0 radical (unpaired) electrons. The lowest BCUT2D eigenvalue weighted by atomic mass is 10.2. The highest BCUT2D eigenvalue weighted by Crippen LogP contribution is 2.23. The van der Waals surface area contributed by atoms with Crippen molar-refractivity contribution in [2.24, 2.45) is 0 Å². The van der Waals surface area contributed by atoms with Crippen LogP contribution in [0.2, 0.25) is 0 Å². The number of fused-ring (bicyclic) bond motifs is 1. The van der Waals surface area contributed by atoms with Crippen molar-refractivity contribution >= 4 is 45.6 Å². The fraction of sp³-hybridized carbons (Fsp3) is 0.179. The van der Waals surface area contributed by atoms with E-state index in [1.54, 1.807) is 4.68 Å². The molecule has 2 aromatic heterocycles. The molecule has 38 heavy (non-hydrogen) atoms. The predicted octanol–water partition coefficient (Wildman–Crippen LogP) is 4.29. The fourth-order valence-electron chi connectivity index (χ4n) is 4.00. The van der Waals surface area contributed by atoms with Crippen LogP contribution in [0, 0.1) is 0 Å². The van der Waals surface area contributed by atoms with E-state index in [0.717, 1.165) is 27.5 Å². The first-order chi connectivity index (χ1) is 18.5. The largest absolute Gasteiger partial charge is 0.378 e. The van der Waals surface area contributed by atoms with Gasteiger partial charge in [0.25, 0.3) is 0 Å². The molecule has 0 aliphatic rings. The number of hydrogen-bond donors (Lipinski definition) is 1. The summed E-state index contributed by atoms with van der Waals surface area (Å²) in [5.74, 6) is -0.547. The Hall–Kier alpha value is -4.57. The number of thiazole rings is 1. The van der Waals surface area contributed by atoms with Crippen LogP contribution in [-0.2, 0) is 22.7 Å². The second kappa shape index (κ2) is 11.2. The van der Waals surface area contributed by atoms with Gasteiger partial charge in [-0.25, -0.2) is 9.67 Å². The first kappa shape index (κ1) is 25.1. The SMILES string of the molecule is CN(C)c1ccc(NC(=O)CN(Cc2nc(-c3ccccc3)cs2)C(=O)Cn2nnc3ccccc32)cc1. The molecule has 2 amide bonds. The summed E-state index contributed by atoms with van der Waals surface area (Å²) in [7, 11) is 3.91. The van der Waals surface area contributed by atoms with E-state index in [0.29, 0.717) is 11.2 Å². The van der Waals surface area contributed by atoms with Crippen LogP contribution in [0.4, 0.5) is 11.4 Å². The van der Waals surface area contributed by atoms with Crippen LogP contribution in [0.5, 0.6) is 0 Å². The molecule has 0 atom stereocenters. The quantitative estimate of drug-likeness (QED) is 0.309. The van der Waals surface area contributed by atoms with Crippen LogP contribution in [-0.4, -0.2) is 57.3 Å². The molecule has 192 valence electrons. The van der Waals surface area contributed by atoms with E-state index in [4.69, 9.17) is 4.98 Å². The average Bonchev–Trinajstić information content (AvgIpc) is 3.56. The van der Waals surface area contributed by atoms with Gasteiger partial charge in [-0.15, -0.1) is 16.4 Å². The Morgan fingerprint density at radius 3 is 2.45 bits per heavy atom. The molecule has 0 saturated heterocycles. The minimum atomic E-state index is -0.292. The van der Waals surface area contributed by atoms with Gasteiger partial charge in [0.15, 0.2) is 0 Å². The van der Waals surface area contributed by atoms with Gasteiger partial charge in [0.1, 0.15) is 23.6 Å². The Bertz CT molecular complexity index is 1540. The maximum Gasteiger partial charge on any atom is 0.245 e. The molecule has 5 aromatic rings. The molecule has 2 heterocycles. The lowest BCUT2D eigenvalue weighted by molar-refractivity contribution is -0.136. The zero-order valence-electron chi connectivity index (χ0n) is 21.1. The van der Waals surface area contributed by atoms with Gasteiger partial charge in [0.2, 0.25) is 11.8 Å². The highest BCUT2D eigenvalue weighted by Gasteiger charge is 2.21. The van der Waals surface area contributed by atoms with Gasteiger partial charge in [0, 0.05) is 36.4 Å². The van der Waals surface area contributed by atoms with Gasteiger partial charge >= 0.3 is 0 Å². The molecule has 1 N–H and O–H groups in total. The molecule has 5 rings (SSSR count). The molecule has 0 bridgehead atoms. The highest BCUT2D eigenvalue weighted by molar-refractivity contribution is 7.09. The fourth-order valence-corrected chi connectivity index (χ4v) is 4.82. The molecule has 0 aliphatic heterocycles. The summed E-state index contributed by atoms with van der Waals surface area (Å²) in [6.45, 7) is 0.0410. The van der Waals surface area contributed by atoms with Gasteiger partial charge in [-0.2, -0.15) is 0 Å². The van der Waals surface area contributed by atoms with Crippen molar-refractivity contribution in [2.75, 3.05) is 30.9 Å². The maximum absolute atomic E-state index is 13.5. The molecule has 0 saturated carbocycles. The molecule has 0 spiro atoms. The standard InChI is InChI=1S/C28H27N7O2S/c1-33(2)22-14-12-21(13-15-22)29-26(36)16-34(17-27-30-24(19-38-27)20-8-4-3-5-9-20)28(37)18-35-25-11-7-6-10-23(25)31-32-35/h3-15,19H,16-18H2,1-2H3,(H,29,36). The molecule has 3 aromatic carbocycles. The number of rotatable bonds is 9. The maximum atomic E-state index is 13.5. The Labute approximate surface area is 224 Å². The summed E-state index contributed by atoms with van der Waals surface area (Å²) in [6.07, 6.45) is 0. The molecular formula is C28H27N7O2S. The van der Waals surface area contributed by atoms with Crippen molar-refractivity contribution in [2.45, 2.75) is 13.1 Å². The minimum Gasteiger partial charge on any atom is -0.378 e. The van der Waals surface area contributed by atoms with E-state index in [9.17, 15) is 9.59 Å². The highest BCUT2D eigenvalue weighted by atomic mass is 32.1. The lowest BCUT2D eigenvalue weighted by Gasteiger charge is -2.21. The number of anilines is 2. The third-order valence-corrected chi connectivity index (χ3v) is 6.84. The summed E-state index contributed by atoms with van der Waals surface area (Å²) in [6, 6.07) is 24.9. The van der Waals surface area contributed by atoms with Crippen molar-refractivity contribution < 1.29 is 9.59 Å². The summed E-state index contributed by atoms with van der Waals surface area (Å²) in [5, 5.41) is 13.9. The van der Waals surface area contributed by atoms with Gasteiger partial charge in [-0.1, -0.05) is 47.7 Å². The third kappa shape index (κ3) is 5.87. The minimum absolute atomic E-state index is 0.0394. The smallest absolute Gasteiger partial charge is 0.245 e. The zero-order valence-corrected chi connectivity index (χ0v) is 21.9. The number of carbonyl (C=O) groups is 2. The van der Waals surface area contributed by atoms with E-state index >= 15 is 0 Å². The first-order valence-corrected chi connectivity index (χ1v) is 13.0. The normalized spacial score (nSPS) is 10.9. The molecule has 0 unspecified atom stereocenters. The Balaban J connectivity index is 1.34. The lowest BCUT2D eigenvalue weighted by Crippen LogP contribution is -2.39. The van der Waals surface area contributed by atoms with Crippen LogP contribution in [0.25, 0.3) is 22.3 Å². The van der Waals surface area contributed by atoms with Crippen LogP contribution < -0.4 is 10.2 Å². The van der Waals surface area contributed by atoms with Gasteiger partial charge in [-0.3, -0.25) is 9.59 Å². The Morgan fingerprint density at radius 2 is 1.68 bits per heavy atom. The monoisotopic (exact) mass is 525 g/mol. The number of hydrogen-bond acceptors (Lipinski definition) is 7. The molecular weight excluding hydrogens is 498 g/mol. The first-order valence-electron chi connectivity index (χ1n) is 12.1. The van der Waals surface area contributed by atoms with Gasteiger partial charge in [-0.05, 0) is 36.4 Å². The third-order valence-electron chi connectivity index (χ3n) is 6.01. The van der Waals surface area contributed by atoms with Gasteiger partial charge < -0.3 is 15.1 Å². The number of nitrogens with zero attached hydrogens (tertiary/aromatic N) is 6. The van der Waals surface area contributed by atoms with E-state index in [-0.39, 0.29) is 31.4 Å².